The molecule has 16 heteroatoms. The van der Waals surface area contributed by atoms with Gasteiger partial charge in [-0.2, -0.15) is 4.39 Å². The van der Waals surface area contributed by atoms with Crippen LogP contribution in [0, 0.1) is 11.8 Å². The van der Waals surface area contributed by atoms with E-state index in [0.717, 1.165) is 19.2 Å². The number of nitrogens with zero attached hydrogens (tertiary/aromatic N) is 6. The molecule has 1 saturated heterocycles. The van der Waals surface area contributed by atoms with E-state index in [1.807, 2.05) is 18.9 Å². The Morgan fingerprint density at radius 2 is 1.89 bits per heavy atom. The van der Waals surface area contributed by atoms with E-state index in [-0.39, 0.29) is 38.9 Å². The molecule has 1 aromatic carbocycles. The normalized spacial score (nSPS) is 16.8. The first kappa shape index (κ1) is 30.7. The number of fused-ring (bicyclic) bond motifs is 2. The minimum absolute atomic E-state index is 0.00311. The summed E-state index contributed by atoms with van der Waals surface area (Å²) in [6, 6.07) is 2.53. The number of likely N-dealkylation sites (N-methyl/N-ethyl adjacent to an activating group) is 1. The molecule has 0 radical (unpaired) electrons. The standard InChI is InChI=1S/C29H28Cl2F2N8O4/c1-13-10-38(2)6-7-40(13)19-9-17(22(30)26(33)36-19)35-20(42)12-39-11-16(14-8-15(27(34)44)25(43)23(31)24(14)32)21-28(39)37-18-4-3-5-41(18)29(21)45/h8-9,11,13,43H,3-7,10,12H2,1-2H3,(H2,34,44)(H,35,36,42)/t13-/m0/s1. The second-order valence-corrected chi connectivity index (χ2v) is 12.0. The van der Waals surface area contributed by atoms with Crippen LogP contribution < -0.4 is 21.5 Å². The lowest BCUT2D eigenvalue weighted by Gasteiger charge is -2.39. The maximum Gasteiger partial charge on any atom is 0.263 e. The Hall–Kier alpha value is -4.27. The largest absolute Gasteiger partial charge is 0.505 e. The number of hydrogen-bond acceptors (Lipinski definition) is 8. The van der Waals surface area contributed by atoms with Crippen molar-refractivity contribution in [3.8, 4) is 16.9 Å². The van der Waals surface area contributed by atoms with Crippen LogP contribution in [-0.2, 0) is 24.3 Å². The van der Waals surface area contributed by atoms with Crippen molar-refractivity contribution in [2.45, 2.75) is 38.9 Å². The molecule has 2 aliphatic heterocycles. The average Bonchev–Trinajstić information content (AvgIpc) is 3.60. The quantitative estimate of drug-likeness (QED) is 0.266. The first-order valence-corrected chi connectivity index (χ1v) is 14.9. The lowest BCUT2D eigenvalue weighted by molar-refractivity contribution is -0.116. The summed E-state index contributed by atoms with van der Waals surface area (Å²) in [7, 11) is 1.99. The van der Waals surface area contributed by atoms with Crippen LogP contribution in [0.5, 0.6) is 5.75 Å². The minimum Gasteiger partial charge on any atom is -0.505 e. The fourth-order valence-electron chi connectivity index (χ4n) is 6.00. The van der Waals surface area contributed by atoms with Gasteiger partial charge in [-0.05, 0) is 26.5 Å². The van der Waals surface area contributed by atoms with Gasteiger partial charge in [0.2, 0.25) is 11.9 Å². The van der Waals surface area contributed by atoms with Gasteiger partial charge in [0, 0.05) is 62.0 Å². The number of rotatable bonds is 6. The molecule has 236 valence electrons. The Morgan fingerprint density at radius 1 is 1.13 bits per heavy atom. The third-order valence-corrected chi connectivity index (χ3v) is 8.90. The highest BCUT2D eigenvalue weighted by Gasteiger charge is 2.28. The number of halogens is 4. The molecule has 2 amide bonds. The van der Waals surface area contributed by atoms with E-state index in [0.29, 0.717) is 37.6 Å². The van der Waals surface area contributed by atoms with E-state index >= 15 is 4.39 Å². The number of hydrogen-bond donors (Lipinski definition) is 3. The number of phenols is 1. The molecule has 6 rings (SSSR count). The van der Waals surface area contributed by atoms with Gasteiger partial charge in [-0.15, -0.1) is 0 Å². The van der Waals surface area contributed by atoms with Crippen LogP contribution in [0.1, 0.15) is 29.5 Å². The third-order valence-electron chi connectivity index (χ3n) is 8.19. The molecule has 5 heterocycles. The number of piperazine rings is 1. The molecule has 0 spiro atoms. The summed E-state index contributed by atoms with van der Waals surface area (Å²) in [5.41, 5.74) is 4.22. The minimum atomic E-state index is -1.10. The smallest absolute Gasteiger partial charge is 0.263 e. The molecule has 2 aliphatic rings. The molecule has 1 atom stereocenters. The van der Waals surface area contributed by atoms with Crippen molar-refractivity contribution in [3.63, 3.8) is 0 Å². The molecular formula is C29H28Cl2F2N8O4. The number of primary amides is 1. The van der Waals surface area contributed by atoms with E-state index in [2.05, 4.69) is 20.2 Å². The molecule has 0 aliphatic carbocycles. The Bertz CT molecular complexity index is 1960. The lowest BCUT2D eigenvalue weighted by Crippen LogP contribution is -2.50. The monoisotopic (exact) mass is 660 g/mol. The first-order valence-electron chi connectivity index (χ1n) is 14.1. The van der Waals surface area contributed by atoms with Gasteiger partial charge in [-0.3, -0.25) is 19.0 Å². The summed E-state index contributed by atoms with van der Waals surface area (Å²) in [6.07, 6.45) is 2.51. The van der Waals surface area contributed by atoms with Gasteiger partial charge in [0.05, 0.1) is 16.6 Å². The zero-order chi connectivity index (χ0) is 32.3. The van der Waals surface area contributed by atoms with Gasteiger partial charge < -0.3 is 30.5 Å². The zero-order valence-electron chi connectivity index (χ0n) is 24.2. The fourth-order valence-corrected chi connectivity index (χ4v) is 6.35. The van der Waals surface area contributed by atoms with Gasteiger partial charge in [0.25, 0.3) is 11.5 Å². The number of aryl methyl sites for hydroxylation is 1. The van der Waals surface area contributed by atoms with E-state index < -0.39 is 52.0 Å². The Balaban J connectivity index is 1.41. The molecule has 4 aromatic rings. The number of nitrogens with one attached hydrogen (secondary N) is 1. The van der Waals surface area contributed by atoms with Gasteiger partial charge in [0.1, 0.15) is 39.6 Å². The highest BCUT2D eigenvalue weighted by atomic mass is 35.5. The second kappa shape index (κ2) is 11.6. The van der Waals surface area contributed by atoms with Crippen LogP contribution in [0.3, 0.4) is 0 Å². The van der Waals surface area contributed by atoms with Crippen molar-refractivity contribution in [1.29, 1.82) is 0 Å². The maximum absolute atomic E-state index is 15.5. The molecule has 45 heavy (non-hydrogen) atoms. The van der Waals surface area contributed by atoms with Crippen molar-refractivity contribution >= 4 is 57.6 Å². The Labute approximate surface area is 265 Å². The highest BCUT2D eigenvalue weighted by molar-refractivity contribution is 6.34. The van der Waals surface area contributed by atoms with Crippen LogP contribution in [0.4, 0.5) is 20.3 Å². The van der Waals surface area contributed by atoms with Crippen LogP contribution in [0.2, 0.25) is 10.0 Å². The van der Waals surface area contributed by atoms with E-state index in [9.17, 15) is 23.9 Å². The predicted octanol–water partition coefficient (Wildman–Crippen LogP) is 3.37. The summed E-state index contributed by atoms with van der Waals surface area (Å²) in [5.74, 6) is -3.79. The van der Waals surface area contributed by atoms with Gasteiger partial charge in [-0.1, -0.05) is 23.2 Å². The molecule has 0 saturated carbocycles. The number of carbonyl (C=O) groups is 2. The van der Waals surface area contributed by atoms with E-state index in [1.165, 1.54) is 21.4 Å². The number of anilines is 2. The van der Waals surface area contributed by atoms with Crippen molar-refractivity contribution in [2.75, 3.05) is 36.9 Å². The molecule has 3 aromatic heterocycles. The summed E-state index contributed by atoms with van der Waals surface area (Å²) in [6.45, 7) is 4.03. The number of pyridine rings is 1. The van der Waals surface area contributed by atoms with Crippen molar-refractivity contribution < 1.29 is 23.5 Å². The molecule has 12 nitrogen and oxygen atoms in total. The Morgan fingerprint density at radius 3 is 2.60 bits per heavy atom. The number of aromatic nitrogens is 4. The highest BCUT2D eigenvalue weighted by Crippen LogP contribution is 2.39. The van der Waals surface area contributed by atoms with Crippen molar-refractivity contribution in [3.05, 3.63) is 61.9 Å². The second-order valence-electron chi connectivity index (χ2n) is 11.3. The molecule has 0 unspecified atom stereocenters. The maximum atomic E-state index is 15.5. The number of nitrogens with two attached hydrogens (primary N) is 1. The van der Waals surface area contributed by atoms with E-state index in [1.54, 1.807) is 0 Å². The number of benzene rings is 1. The number of aromatic hydroxyl groups is 1. The van der Waals surface area contributed by atoms with Crippen molar-refractivity contribution in [2.24, 2.45) is 5.73 Å². The van der Waals surface area contributed by atoms with Gasteiger partial charge in [-0.25, -0.2) is 14.4 Å². The summed E-state index contributed by atoms with van der Waals surface area (Å²) < 4.78 is 33.1. The first-order chi connectivity index (χ1) is 21.3. The Kier molecular flexibility index (Phi) is 7.91. The number of carbonyl (C=O) groups excluding carboxylic acids is 2. The SMILES string of the molecule is C[C@H]1CN(C)CCN1c1cc(NC(=O)Cn2cc(-c3cc(C(N)=O)c(O)c(Cl)c3F)c3c(=O)n4c(nc32)CCC4)c(Cl)c(F)n1. The van der Waals surface area contributed by atoms with E-state index in [4.69, 9.17) is 28.9 Å². The van der Waals surface area contributed by atoms with Crippen LogP contribution in [-0.4, -0.2) is 73.6 Å². The summed E-state index contributed by atoms with van der Waals surface area (Å²) in [5, 5.41) is 11.7. The number of amides is 2. The summed E-state index contributed by atoms with van der Waals surface area (Å²) >= 11 is 12.2. The molecule has 4 N–H and O–H groups in total. The van der Waals surface area contributed by atoms with Crippen molar-refractivity contribution in [1.82, 2.24) is 24.0 Å². The van der Waals surface area contributed by atoms with Crippen LogP contribution >= 0.6 is 23.2 Å². The summed E-state index contributed by atoms with van der Waals surface area (Å²) in [4.78, 5) is 51.7. The van der Waals surface area contributed by atoms with Crippen LogP contribution in [0.25, 0.3) is 22.2 Å². The molecule has 1 fully saturated rings. The topological polar surface area (TPSA) is 152 Å². The fraction of sp³-hybridized carbons (Fsp3) is 0.345. The zero-order valence-corrected chi connectivity index (χ0v) is 25.7. The average molecular weight is 661 g/mol. The van der Waals surface area contributed by atoms with Gasteiger partial charge >= 0.3 is 0 Å². The lowest BCUT2D eigenvalue weighted by atomic mass is 10.0. The predicted molar refractivity (Wildman–Crippen MR) is 165 cm³/mol. The third kappa shape index (κ3) is 5.36. The molecular weight excluding hydrogens is 633 g/mol. The van der Waals surface area contributed by atoms with Crippen LogP contribution in [0.15, 0.2) is 23.1 Å². The molecule has 0 bridgehead atoms. The van der Waals surface area contributed by atoms with Gasteiger partial charge in [0.15, 0.2) is 5.82 Å².